The monoisotopic (exact) mass is 1120 g/mol. The van der Waals surface area contributed by atoms with Crippen molar-refractivity contribution in [2.75, 3.05) is 13.2 Å². The van der Waals surface area contributed by atoms with Crippen molar-refractivity contribution in [3.05, 3.63) is 146 Å². The van der Waals surface area contributed by atoms with Crippen molar-refractivity contribution in [2.45, 2.75) is 297 Å². The van der Waals surface area contributed by atoms with Crippen LogP contribution in [0.4, 0.5) is 0 Å². The average Bonchev–Trinajstić information content (AvgIpc) is 3.47. The van der Waals surface area contributed by atoms with E-state index in [0.717, 1.165) is 96.3 Å². The van der Waals surface area contributed by atoms with E-state index in [9.17, 15) is 14.4 Å². The van der Waals surface area contributed by atoms with E-state index in [1.165, 1.54) is 141 Å². The summed E-state index contributed by atoms with van der Waals surface area (Å²) < 4.78 is 16.8. The normalized spacial score (nSPS) is 13.1. The number of ether oxygens (including phenoxy) is 3. The van der Waals surface area contributed by atoms with Gasteiger partial charge in [0, 0.05) is 12.8 Å². The molecule has 6 heteroatoms. The molecular weight excluding hydrogens is 997 g/mol. The minimum atomic E-state index is -0.855. The van der Waals surface area contributed by atoms with Gasteiger partial charge in [0.2, 0.25) is 0 Å². The maximum absolute atomic E-state index is 12.8. The van der Waals surface area contributed by atoms with E-state index >= 15 is 0 Å². The van der Waals surface area contributed by atoms with Crippen LogP contribution in [0.1, 0.15) is 290 Å². The molecule has 0 rings (SSSR count). The summed E-state index contributed by atoms with van der Waals surface area (Å²) in [5.41, 5.74) is 0. The third-order valence-corrected chi connectivity index (χ3v) is 13.8. The molecule has 0 aliphatic heterocycles. The van der Waals surface area contributed by atoms with Crippen molar-refractivity contribution >= 4 is 17.9 Å². The lowest BCUT2D eigenvalue weighted by atomic mass is 10.0. The number of carbonyl (C=O) groups excluding carboxylic acids is 3. The van der Waals surface area contributed by atoms with E-state index in [4.69, 9.17) is 14.2 Å². The standard InChI is InChI=1S/C75H122O6/c1-4-7-10-13-16-19-22-25-28-29-30-31-32-33-34-35-36-37-38-39-40-41-42-43-44-45-48-50-53-56-59-62-65-68-74(77)80-71-72(81-75(78)69-66-63-60-57-54-51-47-27-24-21-18-15-12-9-6-3)70-79-73(76)67-64-61-58-55-52-49-46-26-23-20-17-14-11-8-5-2/h8-9,11-12,17-18,20-22,25-27,29-30,32-33,46-47,52,54-55,57,63,66,72H,4-7,10,13-16,19,23-24,28,31,34-45,48-51,53,56,58-62,64-65,67-71H2,1-3H3/b11-8-,12-9-,20-17-,21-18-,25-22-,30-29-,33-32-,46-26-,47-27-,55-52-,57-54-,66-63-. The van der Waals surface area contributed by atoms with Crippen molar-refractivity contribution in [3.8, 4) is 0 Å². The summed E-state index contributed by atoms with van der Waals surface area (Å²) >= 11 is 0. The maximum atomic E-state index is 12.8. The molecule has 1 unspecified atom stereocenters. The van der Waals surface area contributed by atoms with Crippen LogP contribution in [0.5, 0.6) is 0 Å². The molecule has 0 saturated carbocycles. The highest BCUT2D eigenvalue weighted by atomic mass is 16.6. The average molecular weight is 1120 g/mol. The summed E-state index contributed by atoms with van der Waals surface area (Å²) in [6.45, 7) is 6.28. The molecule has 81 heavy (non-hydrogen) atoms. The molecule has 0 fully saturated rings. The number of esters is 3. The Bertz CT molecular complexity index is 1760. The predicted octanol–water partition coefficient (Wildman–Crippen LogP) is 23.1. The Kier molecular flexibility index (Phi) is 63.9. The molecule has 0 aliphatic carbocycles. The van der Waals surface area contributed by atoms with Crippen LogP contribution in [0.15, 0.2) is 146 Å². The number of hydrogen-bond acceptors (Lipinski definition) is 6. The Labute approximate surface area is 499 Å². The van der Waals surface area contributed by atoms with Crippen LogP contribution in [0.2, 0.25) is 0 Å². The van der Waals surface area contributed by atoms with Crippen LogP contribution in [0, 0.1) is 0 Å². The smallest absolute Gasteiger partial charge is 0.310 e. The molecule has 0 aliphatic rings. The van der Waals surface area contributed by atoms with Gasteiger partial charge in [-0.25, -0.2) is 0 Å². The summed E-state index contributed by atoms with van der Waals surface area (Å²) in [4.78, 5) is 38.2. The van der Waals surface area contributed by atoms with Crippen molar-refractivity contribution in [1.82, 2.24) is 0 Å². The zero-order valence-electron chi connectivity index (χ0n) is 52.5. The number of unbranched alkanes of at least 4 members (excludes halogenated alkanes) is 25. The molecular formula is C75H122O6. The molecule has 0 spiro atoms. The van der Waals surface area contributed by atoms with Crippen molar-refractivity contribution in [1.29, 1.82) is 0 Å². The van der Waals surface area contributed by atoms with E-state index in [0.29, 0.717) is 19.3 Å². The molecule has 0 N–H and O–H groups in total. The zero-order valence-corrected chi connectivity index (χ0v) is 52.5. The summed E-state index contributed by atoms with van der Waals surface area (Å²) in [7, 11) is 0. The predicted molar refractivity (Wildman–Crippen MR) is 352 cm³/mol. The second-order valence-corrected chi connectivity index (χ2v) is 21.6. The maximum Gasteiger partial charge on any atom is 0.310 e. The highest BCUT2D eigenvalue weighted by molar-refractivity contribution is 5.72. The van der Waals surface area contributed by atoms with Gasteiger partial charge in [-0.15, -0.1) is 0 Å². The van der Waals surface area contributed by atoms with Gasteiger partial charge in [0.1, 0.15) is 13.2 Å². The Balaban J connectivity index is 4.28. The summed E-state index contributed by atoms with van der Waals surface area (Å²) in [6, 6.07) is 0. The minimum absolute atomic E-state index is 0.0832. The summed E-state index contributed by atoms with van der Waals surface area (Å²) in [5.74, 6) is -1.11. The zero-order chi connectivity index (χ0) is 58.5. The Hall–Kier alpha value is -4.71. The lowest BCUT2D eigenvalue weighted by molar-refractivity contribution is -0.166. The second kappa shape index (κ2) is 67.8. The molecule has 0 aromatic rings. The molecule has 1 atom stereocenters. The van der Waals surface area contributed by atoms with Gasteiger partial charge in [-0.1, -0.05) is 295 Å². The van der Waals surface area contributed by atoms with Gasteiger partial charge in [0.25, 0.3) is 0 Å². The first-order valence-electron chi connectivity index (χ1n) is 33.3. The number of rotatable bonds is 59. The number of allylic oxidation sites excluding steroid dienone is 23. The van der Waals surface area contributed by atoms with E-state index in [1.54, 1.807) is 6.08 Å². The molecule has 0 radical (unpaired) electrons. The van der Waals surface area contributed by atoms with Crippen molar-refractivity contribution in [2.24, 2.45) is 0 Å². The van der Waals surface area contributed by atoms with Crippen LogP contribution >= 0.6 is 0 Å². The molecule has 0 aromatic carbocycles. The van der Waals surface area contributed by atoms with E-state index < -0.39 is 12.1 Å². The largest absolute Gasteiger partial charge is 0.462 e. The molecule has 0 saturated heterocycles. The van der Waals surface area contributed by atoms with Gasteiger partial charge in [-0.05, 0) is 122 Å². The van der Waals surface area contributed by atoms with Crippen molar-refractivity contribution in [3.63, 3.8) is 0 Å². The van der Waals surface area contributed by atoms with Gasteiger partial charge in [-0.3, -0.25) is 14.4 Å². The topological polar surface area (TPSA) is 78.9 Å². The highest BCUT2D eigenvalue weighted by Gasteiger charge is 2.19. The Morgan fingerprint density at radius 3 is 0.840 bits per heavy atom. The van der Waals surface area contributed by atoms with Crippen LogP contribution in [0.3, 0.4) is 0 Å². The first-order chi connectivity index (χ1) is 40.0. The second-order valence-electron chi connectivity index (χ2n) is 21.6. The number of hydrogen-bond donors (Lipinski definition) is 0. The SMILES string of the molecule is CC/C=C\C/C=C\C/C=C\C/C=C\C/C=C\CC(=O)OC(COC(=O)CCCC/C=C\C/C=C\C/C=C\C/C=C\CC)COC(=O)CCCCCCCCCCCCCCCCCCCC/C=C\C/C=C\C/C=C\CCCCCCC. The Morgan fingerprint density at radius 1 is 0.272 bits per heavy atom. The molecule has 0 amide bonds. The van der Waals surface area contributed by atoms with Gasteiger partial charge in [0.15, 0.2) is 6.10 Å². The van der Waals surface area contributed by atoms with Crippen LogP contribution in [-0.2, 0) is 28.6 Å². The molecule has 0 aromatic heterocycles. The summed E-state index contributed by atoms with van der Waals surface area (Å²) in [5, 5.41) is 0. The summed E-state index contributed by atoms with van der Waals surface area (Å²) in [6.07, 6.45) is 97.7. The fraction of sp³-hybridized carbons (Fsp3) is 0.640. The molecule has 0 heterocycles. The van der Waals surface area contributed by atoms with Crippen LogP contribution < -0.4 is 0 Å². The lowest BCUT2D eigenvalue weighted by Crippen LogP contribution is -2.30. The van der Waals surface area contributed by atoms with Crippen LogP contribution in [0.25, 0.3) is 0 Å². The third kappa shape index (κ3) is 66.0. The highest BCUT2D eigenvalue weighted by Crippen LogP contribution is 2.16. The minimum Gasteiger partial charge on any atom is -0.462 e. The van der Waals surface area contributed by atoms with E-state index in [-0.39, 0.29) is 38.0 Å². The van der Waals surface area contributed by atoms with E-state index in [1.807, 2.05) is 6.08 Å². The molecule has 0 bridgehead atoms. The first kappa shape index (κ1) is 76.3. The van der Waals surface area contributed by atoms with E-state index in [2.05, 4.69) is 154 Å². The lowest BCUT2D eigenvalue weighted by Gasteiger charge is -2.18. The van der Waals surface area contributed by atoms with Gasteiger partial charge >= 0.3 is 17.9 Å². The fourth-order valence-corrected chi connectivity index (χ4v) is 8.93. The van der Waals surface area contributed by atoms with Gasteiger partial charge in [0.05, 0.1) is 6.42 Å². The Morgan fingerprint density at radius 2 is 0.519 bits per heavy atom. The molecule has 6 nitrogen and oxygen atoms in total. The third-order valence-electron chi connectivity index (χ3n) is 13.8. The van der Waals surface area contributed by atoms with Crippen molar-refractivity contribution < 1.29 is 28.6 Å². The van der Waals surface area contributed by atoms with Crippen LogP contribution in [-0.4, -0.2) is 37.2 Å². The van der Waals surface area contributed by atoms with Gasteiger partial charge in [-0.2, -0.15) is 0 Å². The molecule has 458 valence electrons. The fourth-order valence-electron chi connectivity index (χ4n) is 8.93. The first-order valence-corrected chi connectivity index (χ1v) is 33.3. The quantitative estimate of drug-likeness (QED) is 0.0261. The number of carbonyl (C=O) groups is 3. The van der Waals surface area contributed by atoms with Gasteiger partial charge < -0.3 is 14.2 Å².